The lowest BCUT2D eigenvalue weighted by Crippen LogP contribution is -2.41. The highest BCUT2D eigenvalue weighted by atomic mass is 16.5. The Balaban J connectivity index is 1.67. The normalized spacial score (nSPS) is 19.0. The molecule has 116 valence electrons. The van der Waals surface area contributed by atoms with Crippen LogP contribution in [0.5, 0.6) is 0 Å². The second kappa shape index (κ2) is 6.79. The number of aromatic nitrogens is 1. The molecule has 2 atom stereocenters. The van der Waals surface area contributed by atoms with E-state index in [1.807, 2.05) is 48.0 Å². The van der Waals surface area contributed by atoms with Crippen molar-refractivity contribution in [1.82, 2.24) is 9.88 Å². The Kier molecular flexibility index (Phi) is 4.59. The van der Waals surface area contributed by atoms with Gasteiger partial charge in [-0.1, -0.05) is 30.3 Å². The molecule has 1 aliphatic rings. The quantitative estimate of drug-likeness (QED) is 0.922. The predicted molar refractivity (Wildman–Crippen MR) is 85.9 cm³/mol. The number of nitrogens with zero attached hydrogens (tertiary/aromatic N) is 1. The van der Waals surface area contributed by atoms with Gasteiger partial charge < -0.3 is 14.6 Å². The van der Waals surface area contributed by atoms with Crippen LogP contribution in [0.25, 0.3) is 0 Å². The third-order valence-electron chi connectivity index (χ3n) is 4.14. The number of benzene rings is 1. The van der Waals surface area contributed by atoms with Gasteiger partial charge in [0.1, 0.15) is 5.69 Å². The van der Waals surface area contributed by atoms with E-state index in [1.54, 1.807) is 0 Å². The van der Waals surface area contributed by atoms with Crippen LogP contribution in [0.2, 0.25) is 0 Å². The average molecular weight is 298 g/mol. The first-order chi connectivity index (χ1) is 10.7. The number of ether oxygens (including phenoxy) is 1. The Hall–Kier alpha value is -2.07. The molecular formula is C18H22N2O2. The van der Waals surface area contributed by atoms with Crippen LogP contribution in [0.4, 0.5) is 0 Å². The number of hydrogen-bond acceptors (Lipinski definition) is 2. The van der Waals surface area contributed by atoms with Crippen molar-refractivity contribution in [3.63, 3.8) is 0 Å². The molecule has 1 aromatic heterocycles. The van der Waals surface area contributed by atoms with E-state index in [1.165, 1.54) is 5.56 Å². The smallest absolute Gasteiger partial charge is 0.268 e. The van der Waals surface area contributed by atoms with E-state index in [2.05, 4.69) is 17.4 Å². The summed E-state index contributed by atoms with van der Waals surface area (Å²) in [5.74, 6) is -0.0380. The maximum atomic E-state index is 12.5. The van der Waals surface area contributed by atoms with Crippen molar-refractivity contribution in [2.45, 2.75) is 38.5 Å². The highest BCUT2D eigenvalue weighted by Crippen LogP contribution is 2.16. The van der Waals surface area contributed by atoms with Gasteiger partial charge in [-0.15, -0.1) is 0 Å². The van der Waals surface area contributed by atoms with Gasteiger partial charge in [0.05, 0.1) is 12.1 Å². The fraction of sp³-hybridized carbons (Fsp3) is 0.389. The largest absolute Gasteiger partial charge is 0.376 e. The first-order valence-electron chi connectivity index (χ1n) is 7.85. The molecule has 0 spiro atoms. The summed E-state index contributed by atoms with van der Waals surface area (Å²) in [6, 6.07) is 14.0. The van der Waals surface area contributed by atoms with Crippen LogP contribution in [0.1, 0.15) is 35.8 Å². The number of carbonyl (C=O) groups excluding carboxylic acids is 1. The molecule has 1 saturated heterocycles. The Morgan fingerprint density at radius 2 is 2.14 bits per heavy atom. The summed E-state index contributed by atoms with van der Waals surface area (Å²) in [7, 11) is 0. The standard InChI is InChI=1S/C18H22N2O2/c1-14(17-10-6-12-22-17)19-18(21)16-9-5-11-20(16)13-15-7-3-2-4-8-15/h2-5,7-9,11,14,17H,6,10,12-13H2,1H3,(H,19,21)/t14-,17-/m0/s1. The molecule has 4 heteroatoms. The van der Waals surface area contributed by atoms with E-state index in [9.17, 15) is 4.79 Å². The fourth-order valence-corrected chi connectivity index (χ4v) is 2.91. The lowest BCUT2D eigenvalue weighted by molar-refractivity contribution is 0.0707. The van der Waals surface area contributed by atoms with Gasteiger partial charge in [-0.3, -0.25) is 4.79 Å². The first-order valence-corrected chi connectivity index (χ1v) is 7.85. The summed E-state index contributed by atoms with van der Waals surface area (Å²) in [5.41, 5.74) is 1.87. The van der Waals surface area contributed by atoms with Crippen molar-refractivity contribution in [3.8, 4) is 0 Å². The SMILES string of the molecule is C[C@H](NC(=O)c1cccn1Cc1ccccc1)[C@@H]1CCCO1. The van der Waals surface area contributed by atoms with E-state index in [0.717, 1.165) is 19.4 Å². The minimum absolute atomic E-state index is 0.0371. The molecule has 0 unspecified atom stereocenters. The second-order valence-corrected chi connectivity index (χ2v) is 5.82. The van der Waals surface area contributed by atoms with E-state index in [0.29, 0.717) is 12.2 Å². The van der Waals surface area contributed by atoms with Gasteiger partial charge in [-0.25, -0.2) is 0 Å². The van der Waals surface area contributed by atoms with Crippen molar-refractivity contribution in [2.24, 2.45) is 0 Å². The third kappa shape index (κ3) is 3.39. The highest BCUT2D eigenvalue weighted by Gasteiger charge is 2.24. The number of hydrogen-bond donors (Lipinski definition) is 1. The van der Waals surface area contributed by atoms with Crippen molar-refractivity contribution >= 4 is 5.91 Å². The summed E-state index contributed by atoms with van der Waals surface area (Å²) in [5, 5.41) is 3.07. The van der Waals surface area contributed by atoms with Gasteiger partial charge in [-0.2, -0.15) is 0 Å². The topological polar surface area (TPSA) is 43.3 Å². The number of nitrogens with one attached hydrogen (secondary N) is 1. The van der Waals surface area contributed by atoms with Crippen LogP contribution in [0.15, 0.2) is 48.7 Å². The Morgan fingerprint density at radius 1 is 1.32 bits per heavy atom. The molecule has 4 nitrogen and oxygen atoms in total. The number of rotatable bonds is 5. The Labute approximate surface area is 131 Å². The van der Waals surface area contributed by atoms with Crippen molar-refractivity contribution in [2.75, 3.05) is 6.61 Å². The average Bonchev–Trinajstić information content (AvgIpc) is 3.19. The molecule has 0 bridgehead atoms. The van der Waals surface area contributed by atoms with Crippen molar-refractivity contribution in [1.29, 1.82) is 0 Å². The molecular weight excluding hydrogens is 276 g/mol. The molecule has 1 amide bonds. The molecule has 0 aliphatic carbocycles. The second-order valence-electron chi connectivity index (χ2n) is 5.82. The lowest BCUT2D eigenvalue weighted by atomic mass is 10.1. The molecule has 1 aromatic carbocycles. The minimum atomic E-state index is -0.0380. The molecule has 1 aliphatic heterocycles. The zero-order valence-electron chi connectivity index (χ0n) is 12.9. The zero-order chi connectivity index (χ0) is 15.4. The number of carbonyl (C=O) groups is 1. The van der Waals surface area contributed by atoms with Crippen LogP contribution in [0.3, 0.4) is 0 Å². The van der Waals surface area contributed by atoms with Crippen LogP contribution in [-0.2, 0) is 11.3 Å². The van der Waals surface area contributed by atoms with E-state index in [4.69, 9.17) is 4.74 Å². The monoisotopic (exact) mass is 298 g/mol. The molecule has 2 heterocycles. The van der Waals surface area contributed by atoms with Gasteiger partial charge in [-0.05, 0) is 37.5 Å². The zero-order valence-corrected chi connectivity index (χ0v) is 12.9. The maximum absolute atomic E-state index is 12.5. The summed E-state index contributed by atoms with van der Waals surface area (Å²) in [6.45, 7) is 3.51. The minimum Gasteiger partial charge on any atom is -0.376 e. The summed E-state index contributed by atoms with van der Waals surface area (Å²) < 4.78 is 7.62. The van der Waals surface area contributed by atoms with Crippen LogP contribution in [0, 0.1) is 0 Å². The van der Waals surface area contributed by atoms with Gasteiger partial charge in [0.2, 0.25) is 0 Å². The highest BCUT2D eigenvalue weighted by molar-refractivity contribution is 5.93. The summed E-state index contributed by atoms with van der Waals surface area (Å²) in [4.78, 5) is 12.5. The van der Waals surface area contributed by atoms with Crippen LogP contribution >= 0.6 is 0 Å². The third-order valence-corrected chi connectivity index (χ3v) is 4.14. The van der Waals surface area contributed by atoms with Crippen molar-refractivity contribution in [3.05, 3.63) is 59.9 Å². The molecule has 1 fully saturated rings. The fourth-order valence-electron chi connectivity index (χ4n) is 2.91. The molecule has 3 rings (SSSR count). The van der Waals surface area contributed by atoms with Crippen molar-refractivity contribution < 1.29 is 9.53 Å². The van der Waals surface area contributed by atoms with E-state index in [-0.39, 0.29) is 18.1 Å². The molecule has 22 heavy (non-hydrogen) atoms. The van der Waals surface area contributed by atoms with Crippen LogP contribution in [-0.4, -0.2) is 29.2 Å². The van der Waals surface area contributed by atoms with Gasteiger partial charge >= 0.3 is 0 Å². The first kappa shape index (κ1) is 14.9. The molecule has 2 aromatic rings. The maximum Gasteiger partial charge on any atom is 0.268 e. The summed E-state index contributed by atoms with van der Waals surface area (Å²) in [6.07, 6.45) is 4.18. The van der Waals surface area contributed by atoms with Gasteiger partial charge in [0, 0.05) is 19.3 Å². The summed E-state index contributed by atoms with van der Waals surface area (Å²) >= 11 is 0. The molecule has 0 radical (unpaired) electrons. The lowest BCUT2D eigenvalue weighted by Gasteiger charge is -2.20. The Morgan fingerprint density at radius 3 is 2.86 bits per heavy atom. The molecule has 0 saturated carbocycles. The van der Waals surface area contributed by atoms with Crippen LogP contribution < -0.4 is 5.32 Å². The van der Waals surface area contributed by atoms with E-state index >= 15 is 0 Å². The predicted octanol–water partition coefficient (Wildman–Crippen LogP) is 2.83. The number of amides is 1. The van der Waals surface area contributed by atoms with Gasteiger partial charge in [0.15, 0.2) is 0 Å². The van der Waals surface area contributed by atoms with Gasteiger partial charge in [0.25, 0.3) is 5.91 Å². The molecule has 1 N–H and O–H groups in total. The van der Waals surface area contributed by atoms with E-state index < -0.39 is 0 Å². The Bertz CT molecular complexity index is 615.